The predicted molar refractivity (Wildman–Crippen MR) is 86.7 cm³/mol. The van der Waals surface area contributed by atoms with Crippen LogP contribution in [0.25, 0.3) is 0 Å². The van der Waals surface area contributed by atoms with Gasteiger partial charge in [0.1, 0.15) is 6.04 Å². The minimum absolute atomic E-state index is 0.0765. The molecule has 1 heterocycles. The highest BCUT2D eigenvalue weighted by molar-refractivity contribution is 7.80. The molecule has 114 valence electrons. The summed E-state index contributed by atoms with van der Waals surface area (Å²) in [6.45, 7) is 5.46. The molecule has 0 bridgehead atoms. The molecule has 0 aliphatic carbocycles. The highest BCUT2D eigenvalue weighted by Gasteiger charge is 2.26. The van der Waals surface area contributed by atoms with Gasteiger partial charge in [-0.2, -0.15) is 0 Å². The molecule has 2 atom stereocenters. The van der Waals surface area contributed by atoms with E-state index in [-0.39, 0.29) is 5.69 Å². The Balaban J connectivity index is 1.80. The minimum atomic E-state index is -0.414. The Labute approximate surface area is 129 Å². The van der Waals surface area contributed by atoms with Crippen molar-refractivity contribution >= 4 is 28.7 Å². The van der Waals surface area contributed by atoms with Crippen molar-refractivity contribution in [2.24, 2.45) is 0 Å². The van der Waals surface area contributed by atoms with Crippen LogP contribution in [0.4, 0.5) is 11.4 Å². The molecular weight excluding hydrogens is 288 g/mol. The van der Waals surface area contributed by atoms with Gasteiger partial charge in [0.15, 0.2) is 5.11 Å². The van der Waals surface area contributed by atoms with Gasteiger partial charge in [0, 0.05) is 30.7 Å². The maximum atomic E-state index is 10.6. The van der Waals surface area contributed by atoms with E-state index in [4.69, 9.17) is 12.2 Å². The number of non-ortho nitro benzene ring substituents is 1. The first-order chi connectivity index (χ1) is 10.1. The van der Waals surface area contributed by atoms with Crippen molar-refractivity contribution in [2.75, 3.05) is 25.0 Å². The number of benzene rings is 1. The van der Waals surface area contributed by atoms with Gasteiger partial charge < -0.3 is 15.5 Å². The van der Waals surface area contributed by atoms with Crippen LogP contribution in [0.2, 0.25) is 0 Å². The molecule has 6 nitrogen and oxygen atoms in total. The summed E-state index contributed by atoms with van der Waals surface area (Å²) in [5.41, 5.74) is 0.830. The molecule has 21 heavy (non-hydrogen) atoms. The van der Waals surface area contributed by atoms with Gasteiger partial charge in [-0.3, -0.25) is 10.1 Å². The summed E-state index contributed by atoms with van der Waals surface area (Å²) >= 11 is 5.26. The third-order valence-corrected chi connectivity index (χ3v) is 4.17. The zero-order valence-corrected chi connectivity index (χ0v) is 12.9. The maximum Gasteiger partial charge on any atom is 0.269 e. The molecule has 1 saturated heterocycles. The van der Waals surface area contributed by atoms with Crippen LogP contribution in [-0.2, 0) is 0 Å². The maximum absolute atomic E-state index is 10.6. The number of anilines is 1. The summed E-state index contributed by atoms with van der Waals surface area (Å²) in [7, 11) is 0. The SMILES string of the molecule is CC[NH+]1CCC[C@H]1CNC(=S)Nc1ccc([N+](=O)[O-])cc1. The molecule has 1 aromatic carbocycles. The monoisotopic (exact) mass is 309 g/mol. The van der Waals surface area contributed by atoms with Crippen LogP contribution in [0, 0.1) is 10.1 Å². The summed E-state index contributed by atoms with van der Waals surface area (Å²) in [4.78, 5) is 11.8. The van der Waals surface area contributed by atoms with E-state index < -0.39 is 4.92 Å². The van der Waals surface area contributed by atoms with Crippen LogP contribution in [-0.4, -0.2) is 35.7 Å². The number of likely N-dealkylation sites (N-methyl/N-ethyl adjacent to an activating group) is 1. The number of thiocarbonyl (C=S) groups is 1. The largest absolute Gasteiger partial charge is 0.356 e. The number of nitrogens with zero attached hydrogens (tertiary/aromatic N) is 1. The zero-order valence-electron chi connectivity index (χ0n) is 12.1. The normalized spacial score (nSPS) is 21.0. The standard InChI is InChI=1S/C14H20N4O2S/c1-2-17-9-3-4-13(17)10-15-14(21)16-11-5-7-12(8-6-11)18(19)20/h5-8,13H,2-4,9-10H2,1H3,(H2,15,16,21)/p+1/t13-/m0/s1. The van der Waals surface area contributed by atoms with E-state index in [0.29, 0.717) is 11.2 Å². The summed E-state index contributed by atoms with van der Waals surface area (Å²) in [5.74, 6) is 0. The van der Waals surface area contributed by atoms with Gasteiger partial charge in [0.25, 0.3) is 5.69 Å². The topological polar surface area (TPSA) is 71.6 Å². The lowest BCUT2D eigenvalue weighted by atomic mass is 10.2. The van der Waals surface area contributed by atoms with E-state index in [2.05, 4.69) is 17.6 Å². The predicted octanol–water partition coefficient (Wildman–Crippen LogP) is 0.948. The average Bonchev–Trinajstić information content (AvgIpc) is 2.93. The summed E-state index contributed by atoms with van der Waals surface area (Å²) < 4.78 is 0. The molecule has 0 spiro atoms. The van der Waals surface area contributed by atoms with Gasteiger partial charge in [-0.15, -0.1) is 0 Å². The second-order valence-corrected chi connectivity index (χ2v) is 5.65. The molecule has 2 rings (SSSR count). The number of hydrogen-bond acceptors (Lipinski definition) is 3. The summed E-state index contributed by atoms with van der Waals surface area (Å²) in [6, 6.07) is 6.86. The van der Waals surface area contributed by atoms with Crippen molar-refractivity contribution in [3.05, 3.63) is 34.4 Å². The first kappa shape index (κ1) is 15.7. The van der Waals surface area contributed by atoms with Gasteiger partial charge in [-0.1, -0.05) is 0 Å². The molecule has 0 saturated carbocycles. The van der Waals surface area contributed by atoms with E-state index in [1.807, 2.05) is 0 Å². The third-order valence-electron chi connectivity index (χ3n) is 3.93. The molecule has 1 unspecified atom stereocenters. The average molecular weight is 309 g/mol. The molecule has 1 aliphatic rings. The van der Waals surface area contributed by atoms with Crippen LogP contribution in [0.15, 0.2) is 24.3 Å². The Morgan fingerprint density at radius 1 is 1.48 bits per heavy atom. The number of rotatable bonds is 5. The second kappa shape index (κ2) is 7.33. The summed E-state index contributed by atoms with van der Waals surface area (Å²) in [6.07, 6.45) is 2.51. The number of nitro benzene ring substituents is 1. The van der Waals surface area contributed by atoms with Gasteiger partial charge >= 0.3 is 0 Å². The smallest absolute Gasteiger partial charge is 0.269 e. The first-order valence-corrected chi connectivity index (χ1v) is 7.65. The number of nitro groups is 1. The van der Waals surface area contributed by atoms with Crippen LogP contribution < -0.4 is 15.5 Å². The molecule has 7 heteroatoms. The highest BCUT2D eigenvalue weighted by atomic mass is 32.1. The lowest BCUT2D eigenvalue weighted by Crippen LogP contribution is -3.14. The van der Waals surface area contributed by atoms with E-state index in [9.17, 15) is 10.1 Å². The van der Waals surface area contributed by atoms with E-state index in [1.54, 1.807) is 17.0 Å². The van der Waals surface area contributed by atoms with Gasteiger partial charge in [-0.25, -0.2) is 0 Å². The van der Waals surface area contributed by atoms with Crippen LogP contribution in [0.5, 0.6) is 0 Å². The van der Waals surface area contributed by atoms with Crippen molar-refractivity contribution < 1.29 is 9.82 Å². The third kappa shape index (κ3) is 4.37. The van der Waals surface area contributed by atoms with Gasteiger partial charge in [0.05, 0.1) is 24.6 Å². The van der Waals surface area contributed by atoms with Crippen LogP contribution >= 0.6 is 12.2 Å². The van der Waals surface area contributed by atoms with E-state index in [1.165, 1.54) is 31.5 Å². The molecule has 1 aromatic rings. The Bertz CT molecular complexity index is 506. The molecule has 1 aliphatic heterocycles. The fraction of sp³-hybridized carbons (Fsp3) is 0.500. The Morgan fingerprint density at radius 2 is 2.19 bits per heavy atom. The number of hydrogen-bond donors (Lipinski definition) is 3. The molecule has 3 N–H and O–H groups in total. The van der Waals surface area contributed by atoms with E-state index >= 15 is 0 Å². The minimum Gasteiger partial charge on any atom is -0.356 e. The Morgan fingerprint density at radius 3 is 2.81 bits per heavy atom. The summed E-state index contributed by atoms with van der Waals surface area (Å²) in [5, 5.41) is 17.4. The molecule has 0 amide bonds. The molecule has 0 aromatic heterocycles. The second-order valence-electron chi connectivity index (χ2n) is 5.24. The van der Waals surface area contributed by atoms with Crippen LogP contribution in [0.1, 0.15) is 19.8 Å². The lowest BCUT2D eigenvalue weighted by Gasteiger charge is -2.21. The fourth-order valence-corrected chi connectivity index (χ4v) is 2.95. The van der Waals surface area contributed by atoms with Crippen molar-refractivity contribution in [1.29, 1.82) is 0 Å². The van der Waals surface area contributed by atoms with Crippen molar-refractivity contribution in [3.8, 4) is 0 Å². The van der Waals surface area contributed by atoms with Gasteiger partial charge in [0.2, 0.25) is 0 Å². The molecule has 1 fully saturated rings. The molecular formula is C14H21N4O2S+. The first-order valence-electron chi connectivity index (χ1n) is 7.24. The quantitative estimate of drug-likeness (QED) is 0.429. The van der Waals surface area contributed by atoms with Crippen molar-refractivity contribution in [1.82, 2.24) is 5.32 Å². The number of likely N-dealkylation sites (tertiary alicyclic amines) is 1. The number of quaternary nitrogens is 1. The fourth-order valence-electron chi connectivity index (χ4n) is 2.75. The van der Waals surface area contributed by atoms with E-state index in [0.717, 1.165) is 18.8 Å². The van der Waals surface area contributed by atoms with Crippen molar-refractivity contribution in [3.63, 3.8) is 0 Å². The Kier molecular flexibility index (Phi) is 5.46. The van der Waals surface area contributed by atoms with Crippen LogP contribution in [0.3, 0.4) is 0 Å². The zero-order chi connectivity index (χ0) is 15.2. The van der Waals surface area contributed by atoms with Gasteiger partial charge in [-0.05, 0) is 31.3 Å². The molecule has 0 radical (unpaired) electrons. The van der Waals surface area contributed by atoms with Crippen molar-refractivity contribution in [2.45, 2.75) is 25.8 Å². The number of nitrogens with one attached hydrogen (secondary N) is 3. The highest BCUT2D eigenvalue weighted by Crippen LogP contribution is 2.15. The Hall–Kier alpha value is -1.73. The lowest BCUT2D eigenvalue weighted by molar-refractivity contribution is -0.909.